The van der Waals surface area contributed by atoms with Crippen molar-refractivity contribution in [3.8, 4) is 0 Å². The lowest BCUT2D eigenvalue weighted by Crippen LogP contribution is -2.58. The van der Waals surface area contributed by atoms with E-state index in [9.17, 15) is 4.79 Å². The van der Waals surface area contributed by atoms with Crippen LogP contribution < -0.4 is 5.73 Å². The largest absolute Gasteiger partial charge is 0.467 e. The molecule has 0 aromatic carbocycles. The van der Waals surface area contributed by atoms with Gasteiger partial charge in [-0.3, -0.25) is 4.79 Å². The second-order valence-electron chi connectivity index (χ2n) is 4.75. The summed E-state index contributed by atoms with van der Waals surface area (Å²) in [6, 6.07) is 3.67. The number of hydrogen-bond donors (Lipinski definition) is 1. The maximum Gasteiger partial charge on any atom is 0.254 e. The molecule has 1 amide bonds. The first-order valence-electron chi connectivity index (χ1n) is 5.72. The standard InChI is InChI=1S/C12H18N2O3/c1-12(2)11(15)14(8-10(6-13)17-12)7-9-4-3-5-16-9/h3-5,10H,6-8,13H2,1-2H3. The predicted octanol–water partition coefficient (Wildman–Crippen LogP) is 0.744. The zero-order valence-corrected chi connectivity index (χ0v) is 10.2. The Hall–Kier alpha value is -1.33. The van der Waals surface area contributed by atoms with E-state index in [1.54, 1.807) is 25.0 Å². The van der Waals surface area contributed by atoms with E-state index in [4.69, 9.17) is 14.9 Å². The molecule has 2 N–H and O–H groups in total. The van der Waals surface area contributed by atoms with Crippen molar-refractivity contribution < 1.29 is 13.9 Å². The molecule has 1 saturated heterocycles. The van der Waals surface area contributed by atoms with Crippen LogP contribution in [0.2, 0.25) is 0 Å². The van der Waals surface area contributed by atoms with Crippen LogP contribution in [0.5, 0.6) is 0 Å². The maximum atomic E-state index is 12.2. The van der Waals surface area contributed by atoms with E-state index in [-0.39, 0.29) is 12.0 Å². The highest BCUT2D eigenvalue weighted by atomic mass is 16.5. The normalized spacial score (nSPS) is 24.1. The first-order chi connectivity index (χ1) is 8.03. The topological polar surface area (TPSA) is 68.7 Å². The van der Waals surface area contributed by atoms with Gasteiger partial charge in [0.15, 0.2) is 0 Å². The average molecular weight is 238 g/mol. The molecule has 2 heterocycles. The molecule has 0 aliphatic carbocycles. The third-order valence-electron chi connectivity index (χ3n) is 2.88. The molecule has 0 spiro atoms. The fourth-order valence-electron chi connectivity index (χ4n) is 2.06. The summed E-state index contributed by atoms with van der Waals surface area (Å²) < 4.78 is 10.9. The van der Waals surface area contributed by atoms with Gasteiger partial charge in [0.2, 0.25) is 0 Å². The van der Waals surface area contributed by atoms with Gasteiger partial charge in [0.1, 0.15) is 11.4 Å². The van der Waals surface area contributed by atoms with Crippen molar-refractivity contribution in [1.82, 2.24) is 4.90 Å². The number of nitrogens with zero attached hydrogens (tertiary/aromatic N) is 1. The number of rotatable bonds is 3. The zero-order valence-electron chi connectivity index (χ0n) is 10.2. The Morgan fingerprint density at radius 1 is 1.59 bits per heavy atom. The highest BCUT2D eigenvalue weighted by Crippen LogP contribution is 2.23. The Kier molecular flexibility index (Phi) is 3.22. The smallest absolute Gasteiger partial charge is 0.254 e. The van der Waals surface area contributed by atoms with Gasteiger partial charge in [-0.2, -0.15) is 0 Å². The van der Waals surface area contributed by atoms with Crippen LogP contribution in [0.4, 0.5) is 0 Å². The van der Waals surface area contributed by atoms with Gasteiger partial charge in [0, 0.05) is 13.1 Å². The van der Waals surface area contributed by atoms with Crippen molar-refractivity contribution in [1.29, 1.82) is 0 Å². The van der Waals surface area contributed by atoms with Crippen LogP contribution >= 0.6 is 0 Å². The number of hydrogen-bond acceptors (Lipinski definition) is 4. The van der Waals surface area contributed by atoms with Crippen molar-refractivity contribution >= 4 is 5.91 Å². The molecular weight excluding hydrogens is 220 g/mol. The van der Waals surface area contributed by atoms with Crippen molar-refractivity contribution in [2.45, 2.75) is 32.1 Å². The summed E-state index contributed by atoms with van der Waals surface area (Å²) >= 11 is 0. The van der Waals surface area contributed by atoms with E-state index in [2.05, 4.69) is 0 Å². The summed E-state index contributed by atoms with van der Waals surface area (Å²) in [4.78, 5) is 13.9. The maximum absolute atomic E-state index is 12.2. The van der Waals surface area contributed by atoms with Crippen LogP contribution in [0.1, 0.15) is 19.6 Å². The van der Waals surface area contributed by atoms with Gasteiger partial charge < -0.3 is 19.8 Å². The summed E-state index contributed by atoms with van der Waals surface area (Å²) in [5.74, 6) is 0.741. The minimum Gasteiger partial charge on any atom is -0.467 e. The Bertz CT molecular complexity index is 386. The minimum atomic E-state index is -0.811. The van der Waals surface area contributed by atoms with Crippen LogP contribution in [0.25, 0.3) is 0 Å². The summed E-state index contributed by atoms with van der Waals surface area (Å²) in [6.07, 6.45) is 1.49. The van der Waals surface area contributed by atoms with Gasteiger partial charge in [-0.25, -0.2) is 0 Å². The van der Waals surface area contributed by atoms with Crippen molar-refractivity contribution in [3.63, 3.8) is 0 Å². The first-order valence-corrected chi connectivity index (χ1v) is 5.72. The molecule has 1 atom stereocenters. The molecule has 17 heavy (non-hydrogen) atoms. The van der Waals surface area contributed by atoms with E-state index < -0.39 is 5.60 Å². The Morgan fingerprint density at radius 3 is 2.94 bits per heavy atom. The number of ether oxygens (including phenoxy) is 1. The minimum absolute atomic E-state index is 0.0291. The lowest BCUT2D eigenvalue weighted by Gasteiger charge is -2.41. The number of carbonyl (C=O) groups excluding carboxylic acids is 1. The van der Waals surface area contributed by atoms with E-state index in [1.807, 2.05) is 12.1 Å². The summed E-state index contributed by atoms with van der Waals surface area (Å²) in [6.45, 7) is 4.93. The Morgan fingerprint density at radius 2 is 2.35 bits per heavy atom. The third-order valence-corrected chi connectivity index (χ3v) is 2.88. The molecule has 1 aliphatic heterocycles. The van der Waals surface area contributed by atoms with Crippen LogP contribution in [0.15, 0.2) is 22.8 Å². The highest BCUT2D eigenvalue weighted by molar-refractivity contribution is 5.85. The van der Waals surface area contributed by atoms with E-state index in [1.165, 1.54) is 0 Å². The molecule has 0 bridgehead atoms. The molecule has 1 aromatic rings. The SMILES string of the molecule is CC1(C)OC(CN)CN(Cc2ccco2)C1=O. The molecule has 5 nitrogen and oxygen atoms in total. The van der Waals surface area contributed by atoms with Crippen molar-refractivity contribution in [2.24, 2.45) is 5.73 Å². The molecule has 1 unspecified atom stereocenters. The summed E-state index contributed by atoms with van der Waals surface area (Å²) in [5.41, 5.74) is 4.81. The predicted molar refractivity (Wildman–Crippen MR) is 62.1 cm³/mol. The van der Waals surface area contributed by atoms with Gasteiger partial charge in [-0.15, -0.1) is 0 Å². The lowest BCUT2D eigenvalue weighted by molar-refractivity contribution is -0.179. The number of carbonyl (C=O) groups is 1. The molecule has 1 aromatic heterocycles. The molecular formula is C12H18N2O3. The Labute approximate surface area is 101 Å². The van der Waals surface area contributed by atoms with E-state index >= 15 is 0 Å². The highest BCUT2D eigenvalue weighted by Gasteiger charge is 2.40. The molecule has 1 aliphatic rings. The number of amides is 1. The number of morpholine rings is 1. The molecule has 2 rings (SSSR count). The summed E-state index contributed by atoms with van der Waals surface area (Å²) in [7, 11) is 0. The first kappa shape index (κ1) is 12.1. The summed E-state index contributed by atoms with van der Waals surface area (Å²) in [5, 5.41) is 0. The third kappa shape index (κ3) is 2.50. The van der Waals surface area contributed by atoms with Gasteiger partial charge in [-0.05, 0) is 26.0 Å². The van der Waals surface area contributed by atoms with Gasteiger partial charge in [-0.1, -0.05) is 0 Å². The quantitative estimate of drug-likeness (QED) is 0.843. The monoisotopic (exact) mass is 238 g/mol. The average Bonchev–Trinajstić information content (AvgIpc) is 2.77. The second kappa shape index (κ2) is 4.50. The molecule has 0 saturated carbocycles. The second-order valence-corrected chi connectivity index (χ2v) is 4.75. The molecule has 94 valence electrons. The zero-order chi connectivity index (χ0) is 12.5. The fourth-order valence-corrected chi connectivity index (χ4v) is 2.06. The number of furan rings is 1. The van der Waals surface area contributed by atoms with Crippen LogP contribution in [-0.4, -0.2) is 35.6 Å². The van der Waals surface area contributed by atoms with Gasteiger partial charge in [0.25, 0.3) is 5.91 Å². The Balaban J connectivity index is 2.12. The van der Waals surface area contributed by atoms with Gasteiger partial charge in [0.05, 0.1) is 18.9 Å². The van der Waals surface area contributed by atoms with Crippen molar-refractivity contribution in [3.05, 3.63) is 24.2 Å². The molecule has 1 fully saturated rings. The van der Waals surface area contributed by atoms with Crippen LogP contribution in [-0.2, 0) is 16.1 Å². The van der Waals surface area contributed by atoms with E-state index in [0.717, 1.165) is 5.76 Å². The van der Waals surface area contributed by atoms with E-state index in [0.29, 0.717) is 19.6 Å². The van der Waals surface area contributed by atoms with Crippen LogP contribution in [0, 0.1) is 0 Å². The molecule has 0 radical (unpaired) electrons. The lowest BCUT2D eigenvalue weighted by atomic mass is 10.0. The molecule has 5 heteroatoms. The van der Waals surface area contributed by atoms with Crippen LogP contribution in [0.3, 0.4) is 0 Å². The fraction of sp³-hybridized carbons (Fsp3) is 0.583. The number of nitrogens with two attached hydrogens (primary N) is 1. The van der Waals surface area contributed by atoms with Crippen molar-refractivity contribution in [2.75, 3.05) is 13.1 Å². The van der Waals surface area contributed by atoms with Gasteiger partial charge >= 0.3 is 0 Å².